The van der Waals surface area contributed by atoms with Gasteiger partial charge >= 0.3 is 0 Å². The van der Waals surface area contributed by atoms with E-state index < -0.39 is 0 Å². The Morgan fingerprint density at radius 3 is 2.39 bits per heavy atom. The van der Waals surface area contributed by atoms with Crippen LogP contribution < -0.4 is 0 Å². The van der Waals surface area contributed by atoms with Crippen LogP contribution in [0, 0.1) is 0 Å². The lowest BCUT2D eigenvalue weighted by molar-refractivity contribution is -0.142. The molecule has 5 heteroatoms. The summed E-state index contributed by atoms with van der Waals surface area (Å²) in [6.07, 6.45) is 7.25. The van der Waals surface area contributed by atoms with Crippen molar-refractivity contribution in [3.8, 4) is 0 Å². The monoisotopic (exact) mass is 374 g/mol. The second-order valence-electron chi connectivity index (χ2n) is 8.07. The molecule has 2 aliphatic rings. The van der Waals surface area contributed by atoms with Crippen LogP contribution in [0.1, 0.15) is 30.5 Å². The molecular weight excluding hydrogens is 348 g/mol. The number of nitrogens with zero attached hydrogens (tertiary/aromatic N) is 4. The minimum atomic E-state index is -0.273. The van der Waals surface area contributed by atoms with Gasteiger partial charge in [-0.15, -0.1) is 0 Å². The molecule has 1 amide bonds. The molecule has 0 unspecified atom stereocenters. The van der Waals surface area contributed by atoms with Gasteiger partial charge < -0.3 is 9.30 Å². The van der Waals surface area contributed by atoms with Crippen molar-refractivity contribution >= 4 is 11.6 Å². The third kappa shape index (κ3) is 3.00. The number of piperazine rings is 1. The van der Waals surface area contributed by atoms with E-state index in [9.17, 15) is 4.79 Å². The minimum absolute atomic E-state index is 0.273. The van der Waals surface area contributed by atoms with Crippen LogP contribution in [0.2, 0.25) is 0 Å². The largest absolute Gasteiger partial charge is 0.339 e. The number of fused-ring (bicyclic) bond motifs is 1. The van der Waals surface area contributed by atoms with E-state index in [4.69, 9.17) is 4.98 Å². The number of aromatic nitrogens is 2. The van der Waals surface area contributed by atoms with Crippen LogP contribution in [-0.4, -0.2) is 51.3 Å². The van der Waals surface area contributed by atoms with Gasteiger partial charge in [-0.05, 0) is 30.5 Å². The smallest absolute Gasteiger partial charge is 0.233 e. The molecule has 5 rings (SSSR count). The van der Waals surface area contributed by atoms with Crippen LogP contribution in [0.3, 0.4) is 0 Å². The summed E-state index contributed by atoms with van der Waals surface area (Å²) in [7, 11) is 0. The first-order valence-corrected chi connectivity index (χ1v) is 10.2. The molecule has 144 valence electrons. The first-order valence-electron chi connectivity index (χ1n) is 10.2. The number of hydrogen-bond acceptors (Lipinski definition) is 3. The number of rotatable bonds is 4. The van der Waals surface area contributed by atoms with Crippen LogP contribution in [0.25, 0.3) is 5.65 Å². The summed E-state index contributed by atoms with van der Waals surface area (Å²) in [5.74, 6) is 0.331. The third-order valence-corrected chi connectivity index (χ3v) is 6.40. The van der Waals surface area contributed by atoms with E-state index in [1.165, 1.54) is 5.56 Å². The zero-order valence-electron chi connectivity index (χ0n) is 16.1. The fourth-order valence-electron chi connectivity index (χ4n) is 4.62. The van der Waals surface area contributed by atoms with Crippen molar-refractivity contribution in [3.63, 3.8) is 0 Å². The Labute approximate surface area is 165 Å². The molecule has 1 aromatic carbocycles. The summed E-state index contributed by atoms with van der Waals surface area (Å²) < 4.78 is 2.06. The number of benzene rings is 1. The van der Waals surface area contributed by atoms with Crippen molar-refractivity contribution in [3.05, 3.63) is 72.2 Å². The zero-order chi connectivity index (χ0) is 19.0. The van der Waals surface area contributed by atoms with Gasteiger partial charge in [0.1, 0.15) is 5.65 Å². The topological polar surface area (TPSA) is 40.9 Å². The van der Waals surface area contributed by atoms with E-state index in [1.54, 1.807) is 0 Å². The van der Waals surface area contributed by atoms with Crippen LogP contribution in [0.5, 0.6) is 0 Å². The Balaban J connectivity index is 1.23. The van der Waals surface area contributed by atoms with E-state index in [0.717, 1.165) is 63.3 Å². The van der Waals surface area contributed by atoms with E-state index in [2.05, 4.69) is 44.7 Å². The number of amides is 1. The minimum Gasteiger partial charge on any atom is -0.339 e. The van der Waals surface area contributed by atoms with Crippen molar-refractivity contribution in [2.75, 3.05) is 26.2 Å². The molecule has 0 spiro atoms. The lowest BCUT2D eigenvalue weighted by Crippen LogP contribution is -2.56. The second kappa shape index (κ2) is 7.06. The van der Waals surface area contributed by atoms with Crippen molar-refractivity contribution < 1.29 is 4.79 Å². The van der Waals surface area contributed by atoms with Crippen molar-refractivity contribution in [2.24, 2.45) is 0 Å². The van der Waals surface area contributed by atoms with E-state index in [-0.39, 0.29) is 5.41 Å². The summed E-state index contributed by atoms with van der Waals surface area (Å²) >= 11 is 0. The van der Waals surface area contributed by atoms with Gasteiger partial charge in [-0.25, -0.2) is 4.98 Å². The molecule has 0 bridgehead atoms. The molecular formula is C23H26N4O. The van der Waals surface area contributed by atoms with Gasteiger partial charge in [-0.2, -0.15) is 0 Å². The average Bonchev–Trinajstić information content (AvgIpc) is 3.11. The molecule has 5 nitrogen and oxygen atoms in total. The van der Waals surface area contributed by atoms with Gasteiger partial charge in [0.15, 0.2) is 0 Å². The average molecular weight is 374 g/mol. The molecule has 1 aliphatic carbocycles. The molecule has 0 N–H and O–H groups in total. The van der Waals surface area contributed by atoms with Crippen LogP contribution in [0.15, 0.2) is 60.9 Å². The summed E-state index contributed by atoms with van der Waals surface area (Å²) in [6.45, 7) is 4.27. The fraction of sp³-hybridized carbons (Fsp3) is 0.391. The first kappa shape index (κ1) is 17.4. The predicted octanol–water partition coefficient (Wildman–Crippen LogP) is 3.10. The van der Waals surface area contributed by atoms with Gasteiger partial charge in [0.25, 0.3) is 0 Å². The Bertz CT molecular complexity index is 935. The van der Waals surface area contributed by atoms with Gasteiger partial charge in [0.05, 0.1) is 11.1 Å². The lowest BCUT2D eigenvalue weighted by Gasteiger charge is -2.46. The summed E-state index contributed by atoms with van der Waals surface area (Å²) in [6, 6.07) is 16.4. The molecule has 28 heavy (non-hydrogen) atoms. The highest BCUT2D eigenvalue weighted by molar-refractivity contribution is 5.89. The van der Waals surface area contributed by atoms with Crippen molar-refractivity contribution in [1.29, 1.82) is 0 Å². The molecule has 0 atom stereocenters. The molecule has 3 heterocycles. The van der Waals surface area contributed by atoms with Crippen molar-refractivity contribution in [2.45, 2.75) is 31.2 Å². The molecule has 1 aliphatic heterocycles. The van der Waals surface area contributed by atoms with Gasteiger partial charge in [-0.3, -0.25) is 9.69 Å². The molecule has 0 radical (unpaired) electrons. The zero-order valence-corrected chi connectivity index (χ0v) is 16.1. The molecule has 1 saturated carbocycles. The molecule has 1 saturated heterocycles. The normalized spacial score (nSPS) is 19.5. The third-order valence-electron chi connectivity index (χ3n) is 6.40. The standard InChI is InChI=1S/C23H26N4O/c28-22(23(10-6-11-23)19-7-2-1-3-8-19)26-15-13-25(14-16-26)17-20-18-27-12-5-4-9-21(27)24-20/h1-5,7-9,12,18H,6,10-11,13-17H2. The van der Waals surface area contributed by atoms with Crippen LogP contribution in [0.4, 0.5) is 0 Å². The highest BCUT2D eigenvalue weighted by Crippen LogP contribution is 2.45. The van der Waals surface area contributed by atoms with Gasteiger partial charge in [0.2, 0.25) is 5.91 Å². The molecule has 2 fully saturated rings. The Hall–Kier alpha value is -2.66. The van der Waals surface area contributed by atoms with Gasteiger partial charge in [-0.1, -0.05) is 42.8 Å². The summed E-state index contributed by atoms with van der Waals surface area (Å²) in [5, 5.41) is 0. The Kier molecular flexibility index (Phi) is 4.40. The Morgan fingerprint density at radius 2 is 1.71 bits per heavy atom. The lowest BCUT2D eigenvalue weighted by atomic mass is 9.63. The second-order valence-corrected chi connectivity index (χ2v) is 8.07. The summed E-state index contributed by atoms with van der Waals surface area (Å²) in [4.78, 5) is 22.6. The predicted molar refractivity (Wildman–Crippen MR) is 109 cm³/mol. The maximum Gasteiger partial charge on any atom is 0.233 e. The number of hydrogen-bond donors (Lipinski definition) is 0. The maximum absolute atomic E-state index is 13.4. The molecule has 3 aromatic rings. The number of pyridine rings is 1. The summed E-state index contributed by atoms with van der Waals surface area (Å²) in [5.41, 5.74) is 3.00. The van der Waals surface area contributed by atoms with Crippen molar-refractivity contribution in [1.82, 2.24) is 19.2 Å². The highest BCUT2D eigenvalue weighted by atomic mass is 16.2. The fourth-order valence-corrected chi connectivity index (χ4v) is 4.62. The van der Waals surface area contributed by atoms with E-state index in [0.29, 0.717) is 5.91 Å². The number of carbonyl (C=O) groups excluding carboxylic acids is 1. The van der Waals surface area contributed by atoms with Gasteiger partial charge in [0, 0.05) is 45.1 Å². The SMILES string of the molecule is O=C(N1CCN(Cc2cn3ccccc3n2)CC1)C1(c2ccccc2)CCC1. The molecule has 2 aromatic heterocycles. The Morgan fingerprint density at radius 1 is 0.964 bits per heavy atom. The quantitative estimate of drug-likeness (QED) is 0.705. The maximum atomic E-state index is 13.4. The van der Waals surface area contributed by atoms with Crippen LogP contribution in [-0.2, 0) is 16.8 Å². The number of imidazole rings is 1. The van der Waals surface area contributed by atoms with E-state index in [1.807, 2.05) is 30.5 Å². The highest BCUT2D eigenvalue weighted by Gasteiger charge is 2.47. The van der Waals surface area contributed by atoms with Crippen LogP contribution >= 0.6 is 0 Å². The first-order chi connectivity index (χ1) is 13.7. The van der Waals surface area contributed by atoms with E-state index >= 15 is 0 Å². The number of carbonyl (C=O) groups is 1.